The lowest BCUT2D eigenvalue weighted by Gasteiger charge is -2.11. The molecule has 0 N–H and O–H groups in total. The van der Waals surface area contributed by atoms with Crippen molar-refractivity contribution in [3.8, 4) is 33.9 Å². The Balaban J connectivity index is 1.49. The van der Waals surface area contributed by atoms with Crippen LogP contribution >= 0.6 is 11.6 Å². The maximum atomic E-state index is 6.71. The molecule has 0 radical (unpaired) electrons. The maximum absolute atomic E-state index is 6.71. The molecule has 5 heteroatoms. The van der Waals surface area contributed by atoms with E-state index in [0.29, 0.717) is 22.5 Å². The normalized spacial score (nSPS) is 13.2. The van der Waals surface area contributed by atoms with Gasteiger partial charge < -0.3 is 4.42 Å². The Morgan fingerprint density at radius 1 is 0.632 bits per heavy atom. The zero-order valence-electron chi connectivity index (χ0n) is 20.4. The first-order chi connectivity index (χ1) is 18.7. The molecule has 0 unspecified atom stereocenters. The highest BCUT2D eigenvalue weighted by Gasteiger charge is 2.19. The molecule has 6 aromatic rings. The van der Waals surface area contributed by atoms with Gasteiger partial charge in [-0.2, -0.15) is 0 Å². The summed E-state index contributed by atoms with van der Waals surface area (Å²) in [7, 11) is 0. The predicted molar refractivity (Wildman–Crippen MR) is 155 cm³/mol. The molecule has 1 aliphatic rings. The maximum Gasteiger partial charge on any atom is 0.164 e. The zero-order valence-corrected chi connectivity index (χ0v) is 21.2. The van der Waals surface area contributed by atoms with E-state index in [-0.39, 0.29) is 0 Å². The highest BCUT2D eigenvalue weighted by Crippen LogP contribution is 2.40. The number of hydrogen-bond acceptors (Lipinski definition) is 4. The van der Waals surface area contributed by atoms with Gasteiger partial charge in [0.1, 0.15) is 11.2 Å². The number of aromatic nitrogens is 3. The minimum absolute atomic E-state index is 0.609. The molecule has 1 aliphatic carbocycles. The van der Waals surface area contributed by atoms with E-state index >= 15 is 0 Å². The average molecular weight is 512 g/mol. The number of nitrogens with zero attached hydrogens (tertiary/aromatic N) is 3. The molecule has 182 valence electrons. The van der Waals surface area contributed by atoms with E-state index < -0.39 is 0 Å². The number of fused-ring (bicyclic) bond motifs is 3. The molecule has 38 heavy (non-hydrogen) atoms. The van der Waals surface area contributed by atoms with Crippen molar-refractivity contribution in [2.45, 2.75) is 12.8 Å². The van der Waals surface area contributed by atoms with Crippen LogP contribution in [-0.4, -0.2) is 15.0 Å². The molecule has 0 fully saturated rings. The smallest absolute Gasteiger partial charge is 0.164 e. The summed E-state index contributed by atoms with van der Waals surface area (Å²) in [6, 6.07) is 30.2. The van der Waals surface area contributed by atoms with Crippen LogP contribution in [0.25, 0.3) is 61.4 Å². The van der Waals surface area contributed by atoms with Crippen LogP contribution in [0, 0.1) is 0 Å². The lowest BCUT2D eigenvalue weighted by atomic mass is 10.0. The van der Waals surface area contributed by atoms with E-state index in [9.17, 15) is 0 Å². The van der Waals surface area contributed by atoms with Crippen LogP contribution in [0.5, 0.6) is 0 Å². The van der Waals surface area contributed by atoms with Crippen LogP contribution in [0.15, 0.2) is 114 Å². The number of halogens is 1. The fourth-order valence-corrected chi connectivity index (χ4v) is 5.26. The summed E-state index contributed by atoms with van der Waals surface area (Å²) in [5.41, 5.74) is 6.35. The molecule has 4 nitrogen and oxygen atoms in total. The molecule has 2 heterocycles. The fraction of sp³-hybridized carbons (Fsp3) is 0.0606. The van der Waals surface area contributed by atoms with E-state index in [1.165, 1.54) is 0 Å². The first-order valence-electron chi connectivity index (χ1n) is 12.6. The first kappa shape index (κ1) is 22.6. The fourth-order valence-electron chi connectivity index (χ4n) is 4.99. The summed E-state index contributed by atoms with van der Waals surface area (Å²) < 4.78 is 6.27. The summed E-state index contributed by atoms with van der Waals surface area (Å²) in [4.78, 5) is 14.8. The molecule has 7 rings (SSSR count). The molecule has 0 saturated carbocycles. The van der Waals surface area contributed by atoms with Crippen molar-refractivity contribution in [3.63, 3.8) is 0 Å². The monoisotopic (exact) mass is 511 g/mol. The molecular formula is C33H22ClN3O. The Kier molecular flexibility index (Phi) is 5.60. The van der Waals surface area contributed by atoms with Gasteiger partial charge in [0.05, 0.1) is 5.02 Å². The second-order valence-corrected chi connectivity index (χ2v) is 9.69. The van der Waals surface area contributed by atoms with E-state index in [1.54, 1.807) is 0 Å². The Bertz CT molecular complexity index is 1870. The van der Waals surface area contributed by atoms with Crippen LogP contribution < -0.4 is 0 Å². The van der Waals surface area contributed by atoms with Gasteiger partial charge in [-0.15, -0.1) is 0 Å². The van der Waals surface area contributed by atoms with Crippen molar-refractivity contribution in [1.82, 2.24) is 15.0 Å². The van der Waals surface area contributed by atoms with Crippen LogP contribution in [-0.2, 0) is 0 Å². The molecule has 0 saturated heterocycles. The van der Waals surface area contributed by atoms with Crippen molar-refractivity contribution in [2.24, 2.45) is 0 Å². The van der Waals surface area contributed by atoms with Gasteiger partial charge in [0, 0.05) is 39.1 Å². The van der Waals surface area contributed by atoms with E-state index in [2.05, 4.69) is 36.4 Å². The third-order valence-corrected chi connectivity index (χ3v) is 7.14. The van der Waals surface area contributed by atoms with Gasteiger partial charge in [-0.25, -0.2) is 15.0 Å². The van der Waals surface area contributed by atoms with E-state index in [1.807, 2.05) is 72.8 Å². The van der Waals surface area contributed by atoms with Gasteiger partial charge in [0.25, 0.3) is 0 Å². The highest BCUT2D eigenvalue weighted by atomic mass is 35.5. The summed E-state index contributed by atoms with van der Waals surface area (Å²) in [6.07, 6.45) is 8.45. The lowest BCUT2D eigenvalue weighted by molar-refractivity contribution is 0.669. The average Bonchev–Trinajstić information content (AvgIpc) is 3.35. The molecule has 0 aliphatic heterocycles. The third-order valence-electron chi connectivity index (χ3n) is 6.83. The summed E-state index contributed by atoms with van der Waals surface area (Å²) in [5, 5.41) is 2.58. The number of hydrogen-bond donors (Lipinski definition) is 0. The van der Waals surface area contributed by atoms with Crippen LogP contribution in [0.3, 0.4) is 0 Å². The van der Waals surface area contributed by atoms with Gasteiger partial charge in [-0.1, -0.05) is 103 Å². The number of furan rings is 1. The van der Waals surface area contributed by atoms with Gasteiger partial charge in [0.2, 0.25) is 0 Å². The minimum Gasteiger partial charge on any atom is -0.456 e. The van der Waals surface area contributed by atoms with Crippen molar-refractivity contribution in [3.05, 3.63) is 120 Å². The SMILES string of the molecule is Clc1cc2oc3cccc(-c4nc(C5=CCCC=C5)nc(-c5ccccc5)n4)c3c2cc1-c1ccccc1. The van der Waals surface area contributed by atoms with Crippen LogP contribution in [0.4, 0.5) is 0 Å². The molecule has 0 atom stereocenters. The van der Waals surface area contributed by atoms with Gasteiger partial charge in [0.15, 0.2) is 17.5 Å². The van der Waals surface area contributed by atoms with Crippen molar-refractivity contribution >= 4 is 39.1 Å². The lowest BCUT2D eigenvalue weighted by Crippen LogP contribution is -2.03. The Morgan fingerprint density at radius 2 is 1.37 bits per heavy atom. The molecule has 4 aromatic carbocycles. The Labute approximate surface area is 225 Å². The van der Waals surface area contributed by atoms with Gasteiger partial charge in [-0.3, -0.25) is 0 Å². The molecule has 0 amide bonds. The summed E-state index contributed by atoms with van der Waals surface area (Å²) in [6.45, 7) is 0. The summed E-state index contributed by atoms with van der Waals surface area (Å²) in [5.74, 6) is 1.92. The molecule has 0 spiro atoms. The molecule has 0 bridgehead atoms. The highest BCUT2D eigenvalue weighted by molar-refractivity contribution is 6.34. The zero-order chi connectivity index (χ0) is 25.5. The Hall–Kier alpha value is -4.54. The predicted octanol–water partition coefficient (Wildman–Crippen LogP) is 9.16. The van der Waals surface area contributed by atoms with Crippen molar-refractivity contribution in [2.75, 3.05) is 0 Å². The van der Waals surface area contributed by atoms with Gasteiger partial charge in [-0.05, 0) is 30.5 Å². The van der Waals surface area contributed by atoms with Crippen molar-refractivity contribution < 1.29 is 4.42 Å². The molecular weight excluding hydrogens is 490 g/mol. The van der Waals surface area contributed by atoms with E-state index in [4.69, 9.17) is 31.0 Å². The van der Waals surface area contributed by atoms with E-state index in [0.717, 1.165) is 62.6 Å². The second-order valence-electron chi connectivity index (χ2n) is 9.29. The largest absolute Gasteiger partial charge is 0.456 e. The second kappa shape index (κ2) is 9.40. The Morgan fingerprint density at radius 3 is 2.13 bits per heavy atom. The van der Waals surface area contributed by atoms with Gasteiger partial charge >= 0.3 is 0 Å². The van der Waals surface area contributed by atoms with Crippen LogP contribution in [0.1, 0.15) is 18.7 Å². The quantitative estimate of drug-likeness (QED) is 0.237. The topological polar surface area (TPSA) is 51.8 Å². The molecule has 2 aromatic heterocycles. The van der Waals surface area contributed by atoms with Crippen LogP contribution in [0.2, 0.25) is 5.02 Å². The minimum atomic E-state index is 0.609. The first-order valence-corrected chi connectivity index (χ1v) is 13.0. The number of benzene rings is 4. The third kappa shape index (κ3) is 4.00. The van der Waals surface area contributed by atoms with Crippen molar-refractivity contribution in [1.29, 1.82) is 0 Å². The number of rotatable bonds is 4. The number of allylic oxidation sites excluding steroid dienone is 4. The standard InChI is InChI=1S/C33H22ClN3O/c34-27-20-29-26(19-25(27)21-11-4-1-5-12-21)30-24(17-10-18-28(30)38-29)33-36-31(22-13-6-2-7-14-22)35-32(37-33)23-15-8-3-9-16-23/h1-2,4-8,10-20H,3,9H2. The summed E-state index contributed by atoms with van der Waals surface area (Å²) >= 11 is 6.71.